The summed E-state index contributed by atoms with van der Waals surface area (Å²) in [4.78, 5) is 2.25. The van der Waals surface area contributed by atoms with Crippen LogP contribution < -0.4 is 10.2 Å². The third kappa shape index (κ3) is 4.10. The molecule has 2 N–H and O–H groups in total. The predicted molar refractivity (Wildman–Crippen MR) is 80.9 cm³/mol. The van der Waals surface area contributed by atoms with Crippen LogP contribution in [0.5, 0.6) is 0 Å². The van der Waals surface area contributed by atoms with Crippen LogP contribution in [0.15, 0.2) is 18.2 Å². The molecule has 1 unspecified atom stereocenters. The second kappa shape index (κ2) is 6.60. The zero-order valence-electron chi connectivity index (χ0n) is 11.7. The Bertz CT molecular complexity index is 423. The minimum Gasteiger partial charge on any atom is -0.391 e. The summed E-state index contributed by atoms with van der Waals surface area (Å²) in [5, 5.41) is 14.0. The van der Waals surface area contributed by atoms with E-state index in [1.165, 1.54) is 5.56 Å². The van der Waals surface area contributed by atoms with Crippen molar-refractivity contribution in [3.63, 3.8) is 0 Å². The summed E-state index contributed by atoms with van der Waals surface area (Å²) in [6.45, 7) is 6.80. The van der Waals surface area contributed by atoms with Crippen molar-refractivity contribution in [3.05, 3.63) is 28.8 Å². The Hall–Kier alpha value is -0.770. The highest BCUT2D eigenvalue weighted by Crippen LogP contribution is 2.27. The van der Waals surface area contributed by atoms with Crippen molar-refractivity contribution in [2.75, 3.05) is 18.0 Å². The van der Waals surface area contributed by atoms with E-state index in [1.54, 1.807) is 0 Å². The topological polar surface area (TPSA) is 35.5 Å². The van der Waals surface area contributed by atoms with Gasteiger partial charge in [-0.15, -0.1) is 0 Å². The number of benzene rings is 1. The quantitative estimate of drug-likeness (QED) is 0.891. The van der Waals surface area contributed by atoms with Gasteiger partial charge in [-0.05, 0) is 30.5 Å². The second-order valence-electron chi connectivity index (χ2n) is 5.55. The van der Waals surface area contributed by atoms with Gasteiger partial charge in [0.05, 0.1) is 6.10 Å². The number of aliphatic hydroxyl groups excluding tert-OH is 1. The minimum atomic E-state index is -0.223. The molecule has 2 rings (SSSR count). The third-order valence-corrected chi connectivity index (χ3v) is 3.72. The van der Waals surface area contributed by atoms with Gasteiger partial charge < -0.3 is 15.3 Å². The van der Waals surface area contributed by atoms with Gasteiger partial charge >= 0.3 is 0 Å². The van der Waals surface area contributed by atoms with E-state index in [9.17, 15) is 5.11 Å². The van der Waals surface area contributed by atoms with E-state index in [0.717, 1.165) is 36.6 Å². The van der Waals surface area contributed by atoms with E-state index >= 15 is 0 Å². The first kappa shape index (κ1) is 14.6. The number of halogens is 1. The lowest BCUT2D eigenvalue weighted by Gasteiger charge is -2.33. The highest BCUT2D eigenvalue weighted by Gasteiger charge is 2.20. The Kier molecular flexibility index (Phi) is 5.08. The Morgan fingerprint density at radius 3 is 2.95 bits per heavy atom. The molecule has 1 aromatic carbocycles. The van der Waals surface area contributed by atoms with Crippen LogP contribution in [-0.2, 0) is 6.54 Å². The lowest BCUT2D eigenvalue weighted by molar-refractivity contribution is 0.154. The lowest BCUT2D eigenvalue weighted by atomic mass is 10.0. The van der Waals surface area contributed by atoms with Gasteiger partial charge in [0.1, 0.15) is 0 Å². The van der Waals surface area contributed by atoms with Crippen LogP contribution >= 0.6 is 11.6 Å². The molecule has 0 saturated carbocycles. The van der Waals surface area contributed by atoms with Crippen molar-refractivity contribution >= 4 is 17.3 Å². The molecule has 1 heterocycles. The Labute approximate surface area is 120 Å². The molecule has 4 heteroatoms. The van der Waals surface area contributed by atoms with Gasteiger partial charge in [-0.25, -0.2) is 0 Å². The predicted octanol–water partition coefficient (Wildman–Crippen LogP) is 2.80. The standard InChI is InChI=1S/C15H23ClN2O/c1-11(2)17-9-12-5-6-13(16)8-15(12)18-7-3-4-14(19)10-18/h5-6,8,11,14,17,19H,3-4,7,9-10H2,1-2H3. The summed E-state index contributed by atoms with van der Waals surface area (Å²) in [6, 6.07) is 6.48. The fraction of sp³-hybridized carbons (Fsp3) is 0.600. The number of piperidine rings is 1. The van der Waals surface area contributed by atoms with Crippen LogP contribution in [0, 0.1) is 0 Å². The number of β-amino-alcohol motifs (C(OH)–C–C–N with tert-alkyl or cyclic N) is 1. The molecular formula is C15H23ClN2O. The van der Waals surface area contributed by atoms with Crippen LogP contribution in [0.4, 0.5) is 5.69 Å². The summed E-state index contributed by atoms with van der Waals surface area (Å²) in [5.41, 5.74) is 2.40. The maximum atomic E-state index is 9.83. The molecule has 0 bridgehead atoms. The van der Waals surface area contributed by atoms with Gasteiger partial charge in [-0.2, -0.15) is 0 Å². The number of nitrogens with one attached hydrogen (secondary N) is 1. The number of aliphatic hydroxyl groups is 1. The molecular weight excluding hydrogens is 260 g/mol. The number of nitrogens with zero attached hydrogens (tertiary/aromatic N) is 1. The SMILES string of the molecule is CC(C)NCc1ccc(Cl)cc1N1CCCC(O)C1. The largest absolute Gasteiger partial charge is 0.391 e. The van der Waals surface area contributed by atoms with Gasteiger partial charge in [0.15, 0.2) is 0 Å². The molecule has 0 spiro atoms. The first-order valence-electron chi connectivity index (χ1n) is 7.01. The van der Waals surface area contributed by atoms with Gasteiger partial charge in [0.25, 0.3) is 0 Å². The van der Waals surface area contributed by atoms with Crippen LogP contribution in [-0.4, -0.2) is 30.3 Å². The Morgan fingerprint density at radius 1 is 1.47 bits per heavy atom. The number of hydrogen-bond acceptors (Lipinski definition) is 3. The molecule has 1 fully saturated rings. The van der Waals surface area contributed by atoms with Crippen molar-refractivity contribution in [1.29, 1.82) is 0 Å². The normalized spacial score (nSPS) is 20.1. The molecule has 1 saturated heterocycles. The molecule has 106 valence electrons. The van der Waals surface area contributed by atoms with Crippen molar-refractivity contribution < 1.29 is 5.11 Å². The third-order valence-electron chi connectivity index (χ3n) is 3.49. The average Bonchev–Trinajstić information content (AvgIpc) is 2.37. The van der Waals surface area contributed by atoms with Gasteiger partial charge in [-0.1, -0.05) is 31.5 Å². The van der Waals surface area contributed by atoms with Crippen molar-refractivity contribution in [2.24, 2.45) is 0 Å². The van der Waals surface area contributed by atoms with Gasteiger partial charge in [0, 0.05) is 36.4 Å². The number of rotatable bonds is 4. The monoisotopic (exact) mass is 282 g/mol. The molecule has 19 heavy (non-hydrogen) atoms. The first-order valence-corrected chi connectivity index (χ1v) is 7.39. The fourth-order valence-corrected chi connectivity index (χ4v) is 2.63. The number of anilines is 1. The average molecular weight is 283 g/mol. The zero-order valence-corrected chi connectivity index (χ0v) is 12.5. The molecule has 0 radical (unpaired) electrons. The number of hydrogen-bond donors (Lipinski definition) is 2. The van der Waals surface area contributed by atoms with Crippen LogP contribution in [0.3, 0.4) is 0 Å². The first-order chi connectivity index (χ1) is 9.06. The summed E-state index contributed by atoms with van der Waals surface area (Å²) >= 11 is 6.13. The van der Waals surface area contributed by atoms with Gasteiger partial charge in [-0.3, -0.25) is 0 Å². The zero-order chi connectivity index (χ0) is 13.8. The Balaban J connectivity index is 2.18. The summed E-state index contributed by atoms with van der Waals surface area (Å²) < 4.78 is 0. The van der Waals surface area contributed by atoms with E-state index in [4.69, 9.17) is 11.6 Å². The maximum Gasteiger partial charge on any atom is 0.0715 e. The second-order valence-corrected chi connectivity index (χ2v) is 5.99. The molecule has 1 atom stereocenters. The molecule has 1 aromatic rings. The molecule has 1 aliphatic rings. The molecule has 1 aliphatic heterocycles. The van der Waals surface area contributed by atoms with Gasteiger partial charge in [0.2, 0.25) is 0 Å². The summed E-state index contributed by atoms with van der Waals surface area (Å²) in [6.07, 6.45) is 1.71. The van der Waals surface area contributed by atoms with E-state index in [0.29, 0.717) is 12.6 Å². The molecule has 0 amide bonds. The summed E-state index contributed by atoms with van der Waals surface area (Å²) in [5.74, 6) is 0. The van der Waals surface area contributed by atoms with E-state index in [-0.39, 0.29) is 6.10 Å². The van der Waals surface area contributed by atoms with E-state index in [1.807, 2.05) is 12.1 Å². The highest BCUT2D eigenvalue weighted by atomic mass is 35.5. The van der Waals surface area contributed by atoms with Crippen molar-refractivity contribution in [3.8, 4) is 0 Å². The van der Waals surface area contributed by atoms with Crippen LogP contribution in [0.1, 0.15) is 32.3 Å². The molecule has 0 aromatic heterocycles. The minimum absolute atomic E-state index is 0.223. The van der Waals surface area contributed by atoms with Crippen molar-refractivity contribution in [2.45, 2.75) is 45.4 Å². The Morgan fingerprint density at radius 2 is 2.26 bits per heavy atom. The van der Waals surface area contributed by atoms with Crippen LogP contribution in [0.2, 0.25) is 5.02 Å². The highest BCUT2D eigenvalue weighted by molar-refractivity contribution is 6.30. The fourth-order valence-electron chi connectivity index (χ4n) is 2.47. The molecule has 3 nitrogen and oxygen atoms in total. The summed E-state index contributed by atoms with van der Waals surface area (Å²) in [7, 11) is 0. The molecule has 0 aliphatic carbocycles. The van der Waals surface area contributed by atoms with E-state index < -0.39 is 0 Å². The maximum absolute atomic E-state index is 9.83. The lowest BCUT2D eigenvalue weighted by Crippen LogP contribution is -2.39. The van der Waals surface area contributed by atoms with Crippen LogP contribution in [0.25, 0.3) is 0 Å². The smallest absolute Gasteiger partial charge is 0.0715 e. The van der Waals surface area contributed by atoms with E-state index in [2.05, 4.69) is 30.1 Å². The van der Waals surface area contributed by atoms with Crippen molar-refractivity contribution in [1.82, 2.24) is 5.32 Å².